The summed E-state index contributed by atoms with van der Waals surface area (Å²) in [5, 5.41) is 2.15. The summed E-state index contributed by atoms with van der Waals surface area (Å²) in [6, 6.07) is 3.76. The Hall–Kier alpha value is -1.10. The van der Waals surface area contributed by atoms with Crippen molar-refractivity contribution in [2.24, 2.45) is 5.73 Å². The van der Waals surface area contributed by atoms with Gasteiger partial charge in [0.05, 0.1) is 10.2 Å². The molecule has 2 amide bonds. The zero-order valence-corrected chi connectivity index (χ0v) is 7.56. The maximum Gasteiger partial charge on any atom is 0.316 e. The lowest BCUT2D eigenvalue weighted by Gasteiger charge is -2.03. The highest BCUT2D eigenvalue weighted by atomic mass is 79.9. The number of benzene rings is 1. The van der Waals surface area contributed by atoms with Crippen LogP contribution in [0.15, 0.2) is 22.7 Å². The minimum Gasteiger partial charge on any atom is -0.351 e. The van der Waals surface area contributed by atoms with Gasteiger partial charge in [0.15, 0.2) is 5.82 Å². The highest BCUT2D eigenvalue weighted by molar-refractivity contribution is 9.10. The fourth-order valence-corrected chi connectivity index (χ4v) is 1.10. The van der Waals surface area contributed by atoms with Crippen molar-refractivity contribution in [2.75, 3.05) is 5.32 Å². The van der Waals surface area contributed by atoms with E-state index in [-0.39, 0.29) is 10.2 Å². The first-order chi connectivity index (χ1) is 5.61. The highest BCUT2D eigenvalue weighted by Crippen LogP contribution is 2.21. The van der Waals surface area contributed by atoms with E-state index in [1.807, 2.05) is 0 Å². The molecule has 0 aliphatic rings. The summed E-state index contributed by atoms with van der Waals surface area (Å²) >= 11 is 2.97. The average Bonchev–Trinajstić information content (AvgIpc) is 1.98. The third-order valence-corrected chi connectivity index (χ3v) is 1.82. The van der Waals surface area contributed by atoms with Crippen molar-refractivity contribution in [3.05, 3.63) is 28.5 Å². The zero-order chi connectivity index (χ0) is 9.14. The van der Waals surface area contributed by atoms with Gasteiger partial charge in [-0.2, -0.15) is 0 Å². The highest BCUT2D eigenvalue weighted by Gasteiger charge is 2.05. The first-order valence-corrected chi connectivity index (χ1v) is 3.91. The Morgan fingerprint density at radius 2 is 2.25 bits per heavy atom. The Bertz CT molecular complexity index is 316. The summed E-state index contributed by atoms with van der Waals surface area (Å²) < 4.78 is 13.3. The summed E-state index contributed by atoms with van der Waals surface area (Å²) in [4.78, 5) is 10.4. The van der Waals surface area contributed by atoms with Crippen LogP contribution in [0.5, 0.6) is 0 Å². The van der Waals surface area contributed by atoms with Gasteiger partial charge in [0.2, 0.25) is 0 Å². The molecule has 0 radical (unpaired) electrons. The van der Waals surface area contributed by atoms with E-state index >= 15 is 0 Å². The van der Waals surface area contributed by atoms with E-state index in [9.17, 15) is 9.18 Å². The topological polar surface area (TPSA) is 55.1 Å². The number of hydrogen-bond acceptors (Lipinski definition) is 1. The normalized spacial score (nSPS) is 9.50. The summed E-state index contributed by atoms with van der Waals surface area (Å²) in [6.07, 6.45) is 0. The Balaban J connectivity index is 3.00. The second kappa shape index (κ2) is 3.53. The van der Waals surface area contributed by atoms with Crippen LogP contribution in [0.1, 0.15) is 0 Å². The molecular weight excluding hydrogens is 227 g/mol. The van der Waals surface area contributed by atoms with Crippen LogP contribution in [0, 0.1) is 5.82 Å². The lowest BCUT2D eigenvalue weighted by Crippen LogP contribution is -2.20. The molecule has 64 valence electrons. The van der Waals surface area contributed by atoms with Crippen LogP contribution in [-0.2, 0) is 0 Å². The molecule has 0 saturated carbocycles. The molecule has 0 unspecified atom stereocenters. The smallest absolute Gasteiger partial charge is 0.316 e. The van der Waals surface area contributed by atoms with E-state index in [0.717, 1.165) is 0 Å². The number of rotatable bonds is 1. The third kappa shape index (κ3) is 1.94. The first-order valence-electron chi connectivity index (χ1n) is 3.11. The molecule has 0 aromatic heterocycles. The monoisotopic (exact) mass is 232 g/mol. The number of anilines is 1. The Kier molecular flexibility index (Phi) is 2.65. The van der Waals surface area contributed by atoms with Crippen LogP contribution in [0.25, 0.3) is 0 Å². The summed E-state index contributed by atoms with van der Waals surface area (Å²) in [6.45, 7) is 0. The molecule has 0 heterocycles. The first kappa shape index (κ1) is 8.99. The van der Waals surface area contributed by atoms with E-state index in [0.29, 0.717) is 0 Å². The molecule has 1 aromatic rings. The number of amides is 2. The number of carbonyl (C=O) groups excluding carboxylic acids is 1. The van der Waals surface area contributed by atoms with Crippen LogP contribution >= 0.6 is 15.9 Å². The van der Waals surface area contributed by atoms with Gasteiger partial charge in [-0.25, -0.2) is 9.18 Å². The molecule has 0 atom stereocenters. The molecule has 1 aromatic carbocycles. The predicted molar refractivity (Wildman–Crippen MR) is 47.3 cm³/mol. The van der Waals surface area contributed by atoms with Gasteiger partial charge in [-0.05, 0) is 28.1 Å². The van der Waals surface area contributed by atoms with E-state index in [2.05, 4.69) is 21.2 Å². The van der Waals surface area contributed by atoms with E-state index in [4.69, 9.17) is 5.73 Å². The van der Waals surface area contributed by atoms with Crippen LogP contribution in [-0.4, -0.2) is 6.03 Å². The average molecular weight is 233 g/mol. The predicted octanol–water partition coefficient (Wildman–Crippen LogP) is 2.08. The van der Waals surface area contributed by atoms with Crippen LogP contribution in [0.3, 0.4) is 0 Å². The lowest BCUT2D eigenvalue weighted by molar-refractivity contribution is 0.259. The number of primary amides is 1. The van der Waals surface area contributed by atoms with Gasteiger partial charge in [-0.1, -0.05) is 6.07 Å². The molecule has 0 saturated heterocycles. The van der Waals surface area contributed by atoms with Gasteiger partial charge in [0.1, 0.15) is 0 Å². The molecule has 5 heteroatoms. The second-order valence-electron chi connectivity index (χ2n) is 2.09. The molecule has 0 fully saturated rings. The quantitative estimate of drug-likeness (QED) is 0.766. The largest absolute Gasteiger partial charge is 0.351 e. The van der Waals surface area contributed by atoms with Crippen molar-refractivity contribution in [2.45, 2.75) is 0 Å². The Morgan fingerprint density at radius 1 is 1.58 bits per heavy atom. The second-order valence-corrected chi connectivity index (χ2v) is 2.94. The lowest BCUT2D eigenvalue weighted by atomic mass is 10.3. The van der Waals surface area contributed by atoms with Crippen molar-refractivity contribution in [1.29, 1.82) is 0 Å². The van der Waals surface area contributed by atoms with Crippen molar-refractivity contribution in [3.63, 3.8) is 0 Å². The Morgan fingerprint density at radius 3 is 2.83 bits per heavy atom. The fraction of sp³-hybridized carbons (Fsp3) is 0. The molecule has 0 spiro atoms. The number of urea groups is 1. The van der Waals surface area contributed by atoms with Gasteiger partial charge in [-0.15, -0.1) is 0 Å². The van der Waals surface area contributed by atoms with Crippen LogP contribution in [0.4, 0.5) is 14.9 Å². The summed E-state index contributed by atoms with van der Waals surface area (Å²) in [5.41, 5.74) is 4.88. The SMILES string of the molecule is NC(=O)Nc1cccc(Br)c1F. The number of halogens is 2. The van der Waals surface area contributed by atoms with Gasteiger partial charge in [-0.3, -0.25) is 0 Å². The third-order valence-electron chi connectivity index (χ3n) is 1.21. The van der Waals surface area contributed by atoms with E-state index < -0.39 is 11.8 Å². The standard InChI is InChI=1S/C7H6BrFN2O/c8-4-2-1-3-5(6(4)9)11-7(10)12/h1-3H,(H3,10,11,12). The van der Waals surface area contributed by atoms with Crippen molar-refractivity contribution in [3.8, 4) is 0 Å². The maximum absolute atomic E-state index is 13.0. The van der Waals surface area contributed by atoms with Gasteiger partial charge < -0.3 is 11.1 Å². The molecular formula is C7H6BrFN2O. The molecule has 0 bridgehead atoms. The van der Waals surface area contributed by atoms with Gasteiger partial charge in [0.25, 0.3) is 0 Å². The van der Waals surface area contributed by atoms with E-state index in [1.54, 1.807) is 6.07 Å². The zero-order valence-electron chi connectivity index (χ0n) is 5.97. The van der Waals surface area contributed by atoms with Crippen LogP contribution in [0.2, 0.25) is 0 Å². The van der Waals surface area contributed by atoms with Crippen LogP contribution < -0.4 is 11.1 Å². The Labute approximate surface area is 76.9 Å². The van der Waals surface area contributed by atoms with Gasteiger partial charge >= 0.3 is 6.03 Å². The number of hydrogen-bond donors (Lipinski definition) is 2. The molecule has 0 aliphatic carbocycles. The molecule has 0 aliphatic heterocycles. The van der Waals surface area contributed by atoms with E-state index in [1.165, 1.54) is 12.1 Å². The van der Waals surface area contributed by atoms with Gasteiger partial charge in [0, 0.05) is 0 Å². The van der Waals surface area contributed by atoms with Crippen molar-refractivity contribution in [1.82, 2.24) is 0 Å². The number of nitrogens with two attached hydrogens (primary N) is 1. The molecule has 3 nitrogen and oxygen atoms in total. The molecule has 1 rings (SSSR count). The molecule has 12 heavy (non-hydrogen) atoms. The van der Waals surface area contributed by atoms with Crippen molar-refractivity contribution >= 4 is 27.6 Å². The number of carbonyl (C=O) groups is 1. The maximum atomic E-state index is 13.0. The number of nitrogens with one attached hydrogen (secondary N) is 1. The summed E-state index contributed by atoms with van der Waals surface area (Å²) in [7, 11) is 0. The molecule has 3 N–H and O–H groups in total. The summed E-state index contributed by atoms with van der Waals surface area (Å²) in [5.74, 6) is -0.531. The minimum atomic E-state index is -0.785. The van der Waals surface area contributed by atoms with Crippen molar-refractivity contribution < 1.29 is 9.18 Å². The minimum absolute atomic E-state index is 0.0666. The fourth-order valence-electron chi connectivity index (χ4n) is 0.733.